The van der Waals surface area contributed by atoms with Crippen molar-refractivity contribution < 1.29 is 9.53 Å². The van der Waals surface area contributed by atoms with Gasteiger partial charge < -0.3 is 15.4 Å². The van der Waals surface area contributed by atoms with Crippen molar-refractivity contribution in [3.63, 3.8) is 0 Å². The molecule has 4 nitrogen and oxygen atoms in total. The van der Waals surface area contributed by atoms with Gasteiger partial charge in [-0.1, -0.05) is 58.4 Å². The quantitative estimate of drug-likeness (QED) is 0.583. The van der Waals surface area contributed by atoms with Crippen molar-refractivity contribution >= 4 is 44.9 Å². The first-order valence-corrected chi connectivity index (χ1v) is 9.10. The van der Waals surface area contributed by atoms with Crippen LogP contribution in [0.3, 0.4) is 0 Å². The Labute approximate surface area is 160 Å². The highest BCUT2D eigenvalue weighted by molar-refractivity contribution is 9.10. The Bertz CT molecular complexity index is 819. The monoisotopic (exact) mass is 416 g/mol. The fourth-order valence-electron chi connectivity index (χ4n) is 2.73. The van der Waals surface area contributed by atoms with E-state index in [1.807, 2.05) is 54.6 Å². The number of benzene rings is 2. The predicted octanol–water partition coefficient (Wildman–Crippen LogP) is 3.94. The fraction of sp³-hybridized carbons (Fsp3) is 0.158. The van der Waals surface area contributed by atoms with Gasteiger partial charge in [0.15, 0.2) is 5.11 Å². The molecule has 3 rings (SSSR count). The Hall–Kier alpha value is -2.18. The van der Waals surface area contributed by atoms with Gasteiger partial charge in [0.1, 0.15) is 0 Å². The molecular formula is C19H17BrN2O2S. The molecule has 2 N–H and O–H groups in total. The van der Waals surface area contributed by atoms with E-state index in [9.17, 15) is 4.79 Å². The highest BCUT2D eigenvalue weighted by atomic mass is 79.9. The number of carbonyl (C=O) groups excluding carboxylic acids is 1. The van der Waals surface area contributed by atoms with Crippen LogP contribution in [0.1, 0.15) is 24.1 Å². The lowest BCUT2D eigenvalue weighted by atomic mass is 9.93. The summed E-state index contributed by atoms with van der Waals surface area (Å²) < 4.78 is 6.28. The van der Waals surface area contributed by atoms with E-state index in [0.717, 1.165) is 15.6 Å². The Morgan fingerprint density at radius 3 is 2.48 bits per heavy atom. The highest BCUT2D eigenvalue weighted by Gasteiger charge is 2.32. The van der Waals surface area contributed by atoms with Gasteiger partial charge in [-0.3, -0.25) is 0 Å². The van der Waals surface area contributed by atoms with Gasteiger partial charge in [0.2, 0.25) is 0 Å². The van der Waals surface area contributed by atoms with Gasteiger partial charge in [0.25, 0.3) is 0 Å². The normalized spacial score (nSPS) is 16.9. The van der Waals surface area contributed by atoms with Gasteiger partial charge in [-0.2, -0.15) is 0 Å². The van der Waals surface area contributed by atoms with Crippen LogP contribution in [0.15, 0.2) is 64.6 Å². The molecular weight excluding hydrogens is 400 g/mol. The average Bonchev–Trinajstić information content (AvgIpc) is 2.62. The molecule has 0 saturated heterocycles. The maximum absolute atomic E-state index is 12.7. The van der Waals surface area contributed by atoms with Crippen LogP contribution < -0.4 is 10.6 Å². The molecule has 1 unspecified atom stereocenters. The summed E-state index contributed by atoms with van der Waals surface area (Å²) in [5.41, 5.74) is 3.01. The molecule has 1 aliphatic rings. The molecule has 2 aromatic rings. The summed E-state index contributed by atoms with van der Waals surface area (Å²) in [5, 5.41) is 6.78. The summed E-state index contributed by atoms with van der Waals surface area (Å²) in [7, 11) is 0. The third-order valence-electron chi connectivity index (χ3n) is 3.83. The summed E-state index contributed by atoms with van der Waals surface area (Å²) in [6.45, 7) is 2.10. The molecule has 0 fully saturated rings. The fourth-order valence-corrected chi connectivity index (χ4v) is 3.22. The Morgan fingerprint density at radius 1 is 1.16 bits per heavy atom. The molecule has 0 amide bonds. The second kappa shape index (κ2) is 7.80. The summed E-state index contributed by atoms with van der Waals surface area (Å²) in [6, 6.07) is 17.1. The van der Waals surface area contributed by atoms with Crippen LogP contribution in [-0.2, 0) is 9.53 Å². The van der Waals surface area contributed by atoms with E-state index in [1.165, 1.54) is 0 Å². The van der Waals surface area contributed by atoms with Crippen LogP contribution in [0.2, 0.25) is 0 Å². The maximum atomic E-state index is 12.7. The summed E-state index contributed by atoms with van der Waals surface area (Å²) in [4.78, 5) is 12.7. The molecule has 2 aromatic carbocycles. The van der Waals surface area contributed by atoms with Gasteiger partial charge in [0.05, 0.1) is 23.9 Å². The number of carbonyl (C=O) groups is 1. The van der Waals surface area contributed by atoms with Crippen molar-refractivity contribution in [2.75, 3.05) is 6.61 Å². The van der Waals surface area contributed by atoms with Gasteiger partial charge >= 0.3 is 5.97 Å². The maximum Gasteiger partial charge on any atom is 0.338 e. The van der Waals surface area contributed by atoms with Crippen LogP contribution in [0, 0.1) is 0 Å². The van der Waals surface area contributed by atoms with Crippen molar-refractivity contribution in [1.82, 2.24) is 10.6 Å². The largest absolute Gasteiger partial charge is 0.463 e. The van der Waals surface area contributed by atoms with E-state index in [1.54, 1.807) is 6.92 Å². The minimum Gasteiger partial charge on any atom is -0.463 e. The van der Waals surface area contributed by atoms with Crippen LogP contribution in [0.4, 0.5) is 0 Å². The van der Waals surface area contributed by atoms with Crippen molar-refractivity contribution in [3.8, 4) is 0 Å². The topological polar surface area (TPSA) is 50.4 Å². The molecule has 1 atom stereocenters. The van der Waals surface area contributed by atoms with E-state index in [0.29, 0.717) is 23.0 Å². The molecule has 25 heavy (non-hydrogen) atoms. The van der Waals surface area contributed by atoms with E-state index < -0.39 is 0 Å². The van der Waals surface area contributed by atoms with Crippen molar-refractivity contribution in [3.05, 3.63) is 75.8 Å². The number of ether oxygens (including phenoxy) is 1. The lowest BCUT2D eigenvalue weighted by Crippen LogP contribution is -2.45. The molecule has 0 bridgehead atoms. The summed E-state index contributed by atoms with van der Waals surface area (Å²) in [5.74, 6) is -0.364. The van der Waals surface area contributed by atoms with Crippen molar-refractivity contribution in [2.24, 2.45) is 0 Å². The molecule has 0 aliphatic carbocycles. The van der Waals surface area contributed by atoms with Crippen LogP contribution in [0.25, 0.3) is 5.70 Å². The Kier molecular flexibility index (Phi) is 5.50. The zero-order chi connectivity index (χ0) is 17.8. The second-order valence-electron chi connectivity index (χ2n) is 5.46. The van der Waals surface area contributed by atoms with E-state index in [-0.39, 0.29) is 12.0 Å². The third-order valence-corrected chi connectivity index (χ3v) is 4.58. The number of hydrogen-bond acceptors (Lipinski definition) is 3. The van der Waals surface area contributed by atoms with Gasteiger partial charge in [0, 0.05) is 4.47 Å². The smallest absolute Gasteiger partial charge is 0.338 e. The number of thiocarbonyl (C=S) groups is 1. The minimum atomic E-state index is -0.379. The lowest BCUT2D eigenvalue weighted by molar-refractivity contribution is -0.138. The molecule has 6 heteroatoms. The van der Waals surface area contributed by atoms with E-state index >= 15 is 0 Å². The average molecular weight is 417 g/mol. The second-order valence-corrected chi connectivity index (χ2v) is 6.78. The van der Waals surface area contributed by atoms with Crippen LogP contribution in [-0.4, -0.2) is 17.7 Å². The van der Waals surface area contributed by atoms with Crippen LogP contribution >= 0.6 is 28.1 Å². The molecule has 128 valence electrons. The molecule has 0 saturated carbocycles. The SMILES string of the molecule is CCOC(=O)C1=C(c2ccccc2)NC(=S)NC1c1ccc(Br)cc1. The minimum absolute atomic E-state index is 0.307. The zero-order valence-corrected chi connectivity index (χ0v) is 16.0. The molecule has 1 aliphatic heterocycles. The number of rotatable bonds is 4. The number of esters is 1. The molecule has 1 heterocycles. The molecule has 0 radical (unpaired) electrons. The third kappa shape index (κ3) is 3.91. The Morgan fingerprint density at radius 2 is 1.84 bits per heavy atom. The first-order chi connectivity index (χ1) is 12.1. The van der Waals surface area contributed by atoms with Crippen molar-refractivity contribution in [2.45, 2.75) is 13.0 Å². The van der Waals surface area contributed by atoms with E-state index in [4.69, 9.17) is 17.0 Å². The lowest BCUT2D eigenvalue weighted by Gasteiger charge is -2.31. The first kappa shape index (κ1) is 17.6. The standard InChI is InChI=1S/C19H17BrN2O2S/c1-2-24-18(23)15-16(12-6-4-3-5-7-12)21-19(25)22-17(15)13-8-10-14(20)11-9-13/h3-11,17H,2H2,1H3,(H2,21,22,25). The number of nitrogens with one attached hydrogen (secondary N) is 2. The van der Waals surface area contributed by atoms with Gasteiger partial charge in [-0.25, -0.2) is 4.79 Å². The number of halogens is 1. The number of hydrogen-bond donors (Lipinski definition) is 2. The highest BCUT2D eigenvalue weighted by Crippen LogP contribution is 2.32. The summed E-state index contributed by atoms with van der Waals surface area (Å²) >= 11 is 8.81. The predicted molar refractivity (Wildman–Crippen MR) is 106 cm³/mol. The summed E-state index contributed by atoms with van der Waals surface area (Å²) in [6.07, 6.45) is 0. The van der Waals surface area contributed by atoms with Crippen molar-refractivity contribution in [1.29, 1.82) is 0 Å². The molecule has 0 spiro atoms. The Balaban J connectivity index is 2.16. The van der Waals surface area contributed by atoms with E-state index in [2.05, 4.69) is 26.6 Å². The molecule has 0 aromatic heterocycles. The van der Waals surface area contributed by atoms with Gasteiger partial charge in [-0.05, 0) is 42.4 Å². The first-order valence-electron chi connectivity index (χ1n) is 7.90. The van der Waals surface area contributed by atoms with Gasteiger partial charge in [-0.15, -0.1) is 0 Å². The van der Waals surface area contributed by atoms with Crippen LogP contribution in [0.5, 0.6) is 0 Å². The zero-order valence-electron chi connectivity index (χ0n) is 13.6.